The third kappa shape index (κ3) is 3.57. The molecule has 1 aliphatic heterocycles. The van der Waals surface area contributed by atoms with Gasteiger partial charge in [0.1, 0.15) is 0 Å². The van der Waals surface area contributed by atoms with E-state index in [2.05, 4.69) is 30.9 Å². The number of nitrogens with one attached hydrogen (secondary N) is 1. The molecule has 1 nitrogen and oxygen atoms in total. The Kier molecular flexibility index (Phi) is 4.87. The molecule has 2 atom stereocenters. The molecule has 1 heterocycles. The van der Waals surface area contributed by atoms with Gasteiger partial charge in [-0.1, -0.05) is 29.3 Å². The molecule has 2 unspecified atom stereocenters. The summed E-state index contributed by atoms with van der Waals surface area (Å²) in [5.41, 5.74) is 1.12. The van der Waals surface area contributed by atoms with E-state index in [9.17, 15) is 0 Å². The van der Waals surface area contributed by atoms with Crippen LogP contribution < -0.4 is 5.32 Å². The van der Waals surface area contributed by atoms with Gasteiger partial charge in [-0.25, -0.2) is 0 Å². The third-order valence-corrected chi connectivity index (χ3v) is 5.61. The summed E-state index contributed by atoms with van der Waals surface area (Å²) in [6.07, 6.45) is 2.63. The minimum atomic E-state index is 0.257. The van der Waals surface area contributed by atoms with Crippen LogP contribution in [0.25, 0.3) is 0 Å². The first-order valence-corrected chi connectivity index (χ1v) is 8.07. The molecule has 0 amide bonds. The average Bonchev–Trinajstić information content (AvgIpc) is 2.74. The van der Waals surface area contributed by atoms with Gasteiger partial charge >= 0.3 is 0 Å². The molecule has 0 spiro atoms. The number of hydrogen-bond donors (Lipinski definition) is 1. The Morgan fingerprint density at radius 1 is 1.44 bits per heavy atom. The van der Waals surface area contributed by atoms with Gasteiger partial charge in [0.2, 0.25) is 0 Å². The van der Waals surface area contributed by atoms with Gasteiger partial charge in [-0.05, 0) is 50.1 Å². The number of halogens is 2. The molecule has 4 heteroatoms. The maximum Gasteiger partial charge on any atom is 0.0468 e. The van der Waals surface area contributed by atoms with Crippen molar-refractivity contribution < 1.29 is 0 Å². The predicted octanol–water partition coefficient (Wildman–Crippen LogP) is 4.93. The Balaban J connectivity index is 1.97. The van der Waals surface area contributed by atoms with Crippen LogP contribution >= 0.6 is 35.0 Å². The predicted molar refractivity (Wildman–Crippen MR) is 83.0 cm³/mol. The van der Waals surface area contributed by atoms with Crippen LogP contribution in [0.2, 0.25) is 10.0 Å². The molecule has 1 aromatic carbocycles. The first kappa shape index (κ1) is 14.5. The molecule has 1 aromatic rings. The zero-order chi connectivity index (χ0) is 13.2. The van der Waals surface area contributed by atoms with Gasteiger partial charge in [-0.15, -0.1) is 0 Å². The average molecular weight is 304 g/mol. The van der Waals surface area contributed by atoms with E-state index in [1.807, 2.05) is 18.2 Å². The number of benzene rings is 1. The van der Waals surface area contributed by atoms with Gasteiger partial charge in [0, 0.05) is 27.4 Å². The van der Waals surface area contributed by atoms with E-state index >= 15 is 0 Å². The highest BCUT2D eigenvalue weighted by molar-refractivity contribution is 8.00. The monoisotopic (exact) mass is 303 g/mol. The fourth-order valence-electron chi connectivity index (χ4n) is 2.31. The summed E-state index contributed by atoms with van der Waals surface area (Å²) in [5, 5.41) is 5.02. The Hall–Kier alpha value is 0.110. The SMILES string of the molecule is CC(NCC1(C)CCCS1)c1ccc(Cl)cc1Cl. The molecule has 0 saturated carbocycles. The van der Waals surface area contributed by atoms with Crippen LogP contribution in [0.3, 0.4) is 0 Å². The quantitative estimate of drug-likeness (QED) is 0.846. The molecule has 1 aliphatic rings. The highest BCUT2D eigenvalue weighted by atomic mass is 35.5. The maximum atomic E-state index is 6.22. The van der Waals surface area contributed by atoms with Crippen LogP contribution in [0.15, 0.2) is 18.2 Å². The topological polar surface area (TPSA) is 12.0 Å². The van der Waals surface area contributed by atoms with E-state index in [0.717, 1.165) is 17.1 Å². The van der Waals surface area contributed by atoms with Crippen LogP contribution in [0, 0.1) is 0 Å². The summed E-state index contributed by atoms with van der Waals surface area (Å²) < 4.78 is 0.382. The fourth-order valence-corrected chi connectivity index (χ4v) is 4.14. The summed E-state index contributed by atoms with van der Waals surface area (Å²) in [4.78, 5) is 0. The zero-order valence-electron chi connectivity index (χ0n) is 10.8. The second kappa shape index (κ2) is 6.04. The van der Waals surface area contributed by atoms with E-state index < -0.39 is 0 Å². The summed E-state index contributed by atoms with van der Waals surface area (Å²) >= 11 is 14.2. The second-order valence-electron chi connectivity index (χ2n) is 5.17. The molecule has 1 saturated heterocycles. The van der Waals surface area contributed by atoms with E-state index in [4.69, 9.17) is 23.2 Å². The Labute approximate surface area is 124 Å². The lowest BCUT2D eigenvalue weighted by Crippen LogP contribution is -2.34. The second-order valence-corrected chi connectivity index (χ2v) is 7.70. The molecule has 0 aliphatic carbocycles. The summed E-state index contributed by atoms with van der Waals surface area (Å²) in [7, 11) is 0. The van der Waals surface area contributed by atoms with Gasteiger partial charge in [0.05, 0.1) is 0 Å². The molecule has 0 radical (unpaired) electrons. The van der Waals surface area contributed by atoms with Gasteiger partial charge in [-0.3, -0.25) is 0 Å². The molecule has 100 valence electrons. The molecule has 0 aromatic heterocycles. The Morgan fingerprint density at radius 2 is 2.22 bits per heavy atom. The number of rotatable bonds is 4. The third-order valence-electron chi connectivity index (χ3n) is 3.51. The molecular formula is C14H19Cl2NS. The van der Waals surface area contributed by atoms with Crippen molar-refractivity contribution in [2.75, 3.05) is 12.3 Å². The number of thioether (sulfide) groups is 1. The Morgan fingerprint density at radius 3 is 2.83 bits per heavy atom. The van der Waals surface area contributed by atoms with Crippen molar-refractivity contribution in [3.05, 3.63) is 33.8 Å². The zero-order valence-corrected chi connectivity index (χ0v) is 13.1. The van der Waals surface area contributed by atoms with E-state index in [1.165, 1.54) is 18.6 Å². The summed E-state index contributed by atoms with van der Waals surface area (Å²) in [6, 6.07) is 5.97. The largest absolute Gasteiger partial charge is 0.309 e. The number of hydrogen-bond acceptors (Lipinski definition) is 2. The van der Waals surface area contributed by atoms with Crippen molar-refractivity contribution in [3.63, 3.8) is 0 Å². The van der Waals surface area contributed by atoms with Gasteiger partial charge in [-0.2, -0.15) is 11.8 Å². The lowest BCUT2D eigenvalue weighted by Gasteiger charge is -2.26. The standard InChI is InChI=1S/C14H19Cl2NS/c1-10(12-5-4-11(15)8-13(12)16)17-9-14(2)6-3-7-18-14/h4-5,8,10,17H,3,6-7,9H2,1-2H3. The van der Waals surface area contributed by atoms with Crippen molar-refractivity contribution in [2.45, 2.75) is 37.5 Å². The normalized spacial score (nSPS) is 25.3. The lowest BCUT2D eigenvalue weighted by molar-refractivity contribution is 0.490. The molecular weight excluding hydrogens is 285 g/mol. The lowest BCUT2D eigenvalue weighted by atomic mass is 10.0. The van der Waals surface area contributed by atoms with E-state index in [-0.39, 0.29) is 6.04 Å². The van der Waals surface area contributed by atoms with Gasteiger partial charge in [0.15, 0.2) is 0 Å². The van der Waals surface area contributed by atoms with Crippen molar-refractivity contribution in [3.8, 4) is 0 Å². The van der Waals surface area contributed by atoms with E-state index in [0.29, 0.717) is 9.77 Å². The van der Waals surface area contributed by atoms with Crippen molar-refractivity contribution in [1.29, 1.82) is 0 Å². The Bertz CT molecular complexity index is 416. The van der Waals surface area contributed by atoms with Crippen LogP contribution in [-0.2, 0) is 0 Å². The maximum absolute atomic E-state index is 6.22. The van der Waals surface area contributed by atoms with Crippen LogP contribution in [0.1, 0.15) is 38.3 Å². The highest BCUT2D eigenvalue weighted by Gasteiger charge is 2.29. The fraction of sp³-hybridized carbons (Fsp3) is 0.571. The minimum Gasteiger partial charge on any atom is -0.309 e. The summed E-state index contributed by atoms with van der Waals surface area (Å²) in [5.74, 6) is 1.29. The van der Waals surface area contributed by atoms with Crippen LogP contribution in [0.4, 0.5) is 0 Å². The molecule has 18 heavy (non-hydrogen) atoms. The van der Waals surface area contributed by atoms with Crippen molar-refractivity contribution in [1.82, 2.24) is 5.32 Å². The minimum absolute atomic E-state index is 0.257. The van der Waals surface area contributed by atoms with Crippen molar-refractivity contribution in [2.24, 2.45) is 0 Å². The van der Waals surface area contributed by atoms with Crippen LogP contribution in [-0.4, -0.2) is 17.0 Å². The van der Waals surface area contributed by atoms with E-state index in [1.54, 1.807) is 0 Å². The van der Waals surface area contributed by atoms with Gasteiger partial charge in [0.25, 0.3) is 0 Å². The summed E-state index contributed by atoms with van der Waals surface area (Å²) in [6.45, 7) is 5.52. The van der Waals surface area contributed by atoms with Crippen LogP contribution in [0.5, 0.6) is 0 Å². The molecule has 0 bridgehead atoms. The molecule has 2 rings (SSSR count). The first-order valence-electron chi connectivity index (χ1n) is 6.32. The highest BCUT2D eigenvalue weighted by Crippen LogP contribution is 2.37. The molecule has 1 N–H and O–H groups in total. The van der Waals surface area contributed by atoms with Gasteiger partial charge < -0.3 is 5.32 Å². The first-order chi connectivity index (χ1) is 8.50. The molecule has 1 fully saturated rings. The smallest absolute Gasteiger partial charge is 0.0468 e. The van der Waals surface area contributed by atoms with Crippen molar-refractivity contribution >= 4 is 35.0 Å².